The Morgan fingerprint density at radius 1 is 1.38 bits per heavy atom. The van der Waals surface area contributed by atoms with Crippen LogP contribution in [0.3, 0.4) is 0 Å². The van der Waals surface area contributed by atoms with E-state index in [1.165, 1.54) is 0 Å². The van der Waals surface area contributed by atoms with Gasteiger partial charge in [-0.25, -0.2) is 13.4 Å². The Morgan fingerprint density at radius 2 is 2.15 bits per heavy atom. The number of amides is 1. The Bertz CT molecular complexity index is 970. The number of aromatic amines is 1. The molecule has 1 amide bonds. The first-order chi connectivity index (χ1) is 12.4. The Balaban J connectivity index is 1.64. The number of sulfone groups is 1. The number of benzene rings is 1. The minimum atomic E-state index is -3.03. The summed E-state index contributed by atoms with van der Waals surface area (Å²) in [6, 6.07) is 6.78. The molecule has 0 unspecified atom stereocenters. The lowest BCUT2D eigenvalue weighted by Gasteiger charge is -2.20. The summed E-state index contributed by atoms with van der Waals surface area (Å²) in [7, 11) is -3.03. The number of fused-ring (bicyclic) bond motifs is 1. The molecule has 1 fully saturated rings. The lowest BCUT2D eigenvalue weighted by Crippen LogP contribution is -2.42. The van der Waals surface area contributed by atoms with E-state index in [0.717, 1.165) is 0 Å². The molecule has 0 saturated carbocycles. The largest absolute Gasteiger partial charge is 0.351 e. The summed E-state index contributed by atoms with van der Waals surface area (Å²) in [6.45, 7) is 2.94. The zero-order valence-electron chi connectivity index (χ0n) is 14.6. The Kier molecular flexibility index (Phi) is 5.38. The molecule has 1 atom stereocenters. The van der Waals surface area contributed by atoms with E-state index in [2.05, 4.69) is 15.3 Å². The van der Waals surface area contributed by atoms with Gasteiger partial charge in [-0.3, -0.25) is 14.5 Å². The first-order valence-corrected chi connectivity index (χ1v) is 10.4. The summed E-state index contributed by atoms with van der Waals surface area (Å²) < 4.78 is 23.0. The highest BCUT2D eigenvalue weighted by molar-refractivity contribution is 7.91. The van der Waals surface area contributed by atoms with E-state index in [1.54, 1.807) is 18.2 Å². The smallest absolute Gasteiger partial charge is 0.258 e. The lowest BCUT2D eigenvalue weighted by molar-refractivity contribution is -0.122. The van der Waals surface area contributed by atoms with Gasteiger partial charge in [0, 0.05) is 6.04 Å². The van der Waals surface area contributed by atoms with E-state index < -0.39 is 9.84 Å². The second kappa shape index (κ2) is 7.55. The van der Waals surface area contributed by atoms with E-state index in [9.17, 15) is 18.0 Å². The number of rotatable bonds is 6. The van der Waals surface area contributed by atoms with Crippen molar-refractivity contribution >= 4 is 26.6 Å². The first-order valence-electron chi connectivity index (χ1n) is 8.56. The van der Waals surface area contributed by atoms with Gasteiger partial charge in [0.1, 0.15) is 5.82 Å². The molecular weight excluding hydrogens is 356 g/mol. The second-order valence-corrected chi connectivity index (χ2v) is 8.73. The number of carbonyl (C=O) groups excluding carboxylic acids is 1. The van der Waals surface area contributed by atoms with Crippen molar-refractivity contribution in [2.24, 2.45) is 0 Å². The van der Waals surface area contributed by atoms with Crippen LogP contribution in [-0.2, 0) is 21.2 Å². The van der Waals surface area contributed by atoms with Crippen molar-refractivity contribution < 1.29 is 13.2 Å². The molecule has 2 aromatic rings. The normalized spacial score (nSPS) is 19.1. The molecule has 1 aromatic heterocycles. The fourth-order valence-electron chi connectivity index (χ4n) is 3.09. The van der Waals surface area contributed by atoms with Crippen LogP contribution in [-0.4, -0.2) is 59.8 Å². The van der Waals surface area contributed by atoms with Crippen LogP contribution in [0.1, 0.15) is 19.2 Å². The van der Waals surface area contributed by atoms with Crippen LogP contribution < -0.4 is 10.9 Å². The molecule has 2 N–H and O–H groups in total. The molecular formula is C17H22N4O4S. The topological polar surface area (TPSA) is 112 Å². The number of nitrogens with one attached hydrogen (secondary N) is 2. The van der Waals surface area contributed by atoms with Gasteiger partial charge < -0.3 is 10.3 Å². The van der Waals surface area contributed by atoms with Gasteiger partial charge in [-0.05, 0) is 25.1 Å². The molecule has 0 bridgehead atoms. The van der Waals surface area contributed by atoms with Crippen LogP contribution in [0.4, 0.5) is 0 Å². The average molecular weight is 378 g/mol. The number of para-hydroxylation sites is 1. The van der Waals surface area contributed by atoms with Crippen LogP contribution in [0.5, 0.6) is 0 Å². The molecule has 2 heterocycles. The van der Waals surface area contributed by atoms with E-state index in [-0.39, 0.29) is 35.6 Å². The van der Waals surface area contributed by atoms with Crippen molar-refractivity contribution in [2.75, 3.05) is 24.6 Å². The van der Waals surface area contributed by atoms with Gasteiger partial charge in [-0.15, -0.1) is 0 Å². The van der Waals surface area contributed by atoms with Crippen LogP contribution >= 0.6 is 0 Å². The third kappa shape index (κ3) is 4.47. The molecule has 0 aliphatic carbocycles. The van der Waals surface area contributed by atoms with Gasteiger partial charge in [0.05, 0.1) is 35.5 Å². The molecule has 26 heavy (non-hydrogen) atoms. The first kappa shape index (κ1) is 18.5. The van der Waals surface area contributed by atoms with Gasteiger partial charge in [0.2, 0.25) is 5.91 Å². The summed E-state index contributed by atoms with van der Waals surface area (Å²) >= 11 is 0. The number of likely N-dealkylation sites (N-methyl/N-ethyl adjacent to an activating group) is 1. The van der Waals surface area contributed by atoms with Crippen molar-refractivity contribution in [3.8, 4) is 0 Å². The predicted octanol–water partition coefficient (Wildman–Crippen LogP) is 0.0483. The van der Waals surface area contributed by atoms with Crippen molar-refractivity contribution in [1.29, 1.82) is 0 Å². The van der Waals surface area contributed by atoms with Gasteiger partial charge in [0.25, 0.3) is 5.56 Å². The Labute approximate surface area is 151 Å². The minimum absolute atomic E-state index is 0.00438. The minimum Gasteiger partial charge on any atom is -0.351 e. The fraction of sp³-hybridized carbons (Fsp3) is 0.471. The maximum absolute atomic E-state index is 12.2. The summed E-state index contributed by atoms with van der Waals surface area (Å²) in [5.41, 5.74) is 0.408. The molecule has 1 aliphatic heterocycles. The third-order valence-corrected chi connectivity index (χ3v) is 6.22. The molecule has 1 aromatic carbocycles. The number of aromatic nitrogens is 2. The van der Waals surface area contributed by atoms with Crippen LogP contribution in [0.15, 0.2) is 29.1 Å². The molecule has 1 saturated heterocycles. The molecule has 9 heteroatoms. The van der Waals surface area contributed by atoms with Gasteiger partial charge >= 0.3 is 0 Å². The van der Waals surface area contributed by atoms with Crippen molar-refractivity contribution in [1.82, 2.24) is 20.2 Å². The van der Waals surface area contributed by atoms with Gasteiger partial charge in [0.15, 0.2) is 9.84 Å². The molecule has 1 aliphatic rings. The number of carbonyl (C=O) groups is 1. The quantitative estimate of drug-likeness (QED) is 0.734. The average Bonchev–Trinajstić information content (AvgIpc) is 2.92. The molecule has 140 valence electrons. The van der Waals surface area contributed by atoms with Crippen LogP contribution in [0.2, 0.25) is 0 Å². The zero-order valence-corrected chi connectivity index (χ0v) is 15.4. The molecule has 0 radical (unpaired) electrons. The predicted molar refractivity (Wildman–Crippen MR) is 98.5 cm³/mol. The highest BCUT2D eigenvalue weighted by Crippen LogP contribution is 2.11. The van der Waals surface area contributed by atoms with E-state index >= 15 is 0 Å². The maximum Gasteiger partial charge on any atom is 0.258 e. The van der Waals surface area contributed by atoms with Gasteiger partial charge in [-0.2, -0.15) is 0 Å². The monoisotopic (exact) mass is 378 g/mol. The number of H-pyrrole nitrogens is 1. The number of nitrogens with zero attached hydrogens (tertiary/aromatic N) is 2. The highest BCUT2D eigenvalue weighted by Gasteiger charge is 2.29. The molecule has 8 nitrogen and oxygen atoms in total. The van der Waals surface area contributed by atoms with Crippen LogP contribution in [0, 0.1) is 0 Å². The van der Waals surface area contributed by atoms with Crippen molar-refractivity contribution in [2.45, 2.75) is 25.9 Å². The summed E-state index contributed by atoms with van der Waals surface area (Å²) in [4.78, 5) is 33.4. The highest BCUT2D eigenvalue weighted by atomic mass is 32.2. The summed E-state index contributed by atoms with van der Waals surface area (Å²) in [6.07, 6.45) is 0.458. The summed E-state index contributed by atoms with van der Waals surface area (Å²) in [5.74, 6) is 0.395. The lowest BCUT2D eigenvalue weighted by atomic mass is 10.2. The van der Waals surface area contributed by atoms with Crippen LogP contribution in [0.25, 0.3) is 10.9 Å². The number of hydrogen-bond donors (Lipinski definition) is 2. The maximum atomic E-state index is 12.2. The summed E-state index contributed by atoms with van der Waals surface area (Å²) in [5, 5.41) is 3.30. The molecule has 3 rings (SSSR count). The van der Waals surface area contributed by atoms with E-state index in [1.807, 2.05) is 17.9 Å². The standard InChI is InChI=1S/C17H22N4O4S/c1-2-21(10-16(22)18-12-7-8-26(24,25)11-12)9-15-19-14-6-4-3-5-13(14)17(23)20-15/h3-6,12H,2,7-11H2,1H3,(H,18,22)(H,19,20,23)/t12-/m1/s1. The SMILES string of the molecule is CCN(CC(=O)N[C@@H]1CCS(=O)(=O)C1)Cc1nc2ccccc2c(=O)[nH]1. The van der Waals surface area contributed by atoms with E-state index in [4.69, 9.17) is 0 Å². The Morgan fingerprint density at radius 3 is 2.85 bits per heavy atom. The zero-order chi connectivity index (χ0) is 18.7. The van der Waals surface area contributed by atoms with Crippen molar-refractivity contribution in [3.63, 3.8) is 0 Å². The molecule has 0 spiro atoms. The fourth-order valence-corrected chi connectivity index (χ4v) is 4.76. The van der Waals surface area contributed by atoms with Gasteiger partial charge in [-0.1, -0.05) is 19.1 Å². The van der Waals surface area contributed by atoms with Crippen molar-refractivity contribution in [3.05, 3.63) is 40.4 Å². The Hall–Kier alpha value is -2.26. The number of hydrogen-bond acceptors (Lipinski definition) is 6. The van der Waals surface area contributed by atoms with E-state index in [0.29, 0.717) is 36.2 Å². The third-order valence-electron chi connectivity index (χ3n) is 4.45. The second-order valence-electron chi connectivity index (χ2n) is 6.50.